The van der Waals surface area contributed by atoms with Gasteiger partial charge in [-0.05, 0) is 51.4 Å². The molecule has 0 aromatic rings. The Morgan fingerprint density at radius 1 is 1.05 bits per heavy atom. The van der Waals surface area contributed by atoms with Crippen molar-refractivity contribution in [3.8, 4) is 0 Å². The lowest BCUT2D eigenvalue weighted by atomic mass is 9.91. The highest BCUT2D eigenvalue weighted by Gasteiger charge is 2.52. The van der Waals surface area contributed by atoms with Crippen molar-refractivity contribution in [2.24, 2.45) is 5.92 Å². The number of aliphatic hydroxyl groups is 2. The third kappa shape index (κ3) is 8.48. The SMILES string of the molecule is C=C1CC(C)C[C@H]2CC=C[C@H](C/C=C/C(=O)O[C@H]([C@@H](O)[C@H]3O[C@@H]3[C@@H]3CC(C)=CCO3)C/C=C/[C@@H](O)C1)O2. The molecule has 0 aliphatic carbocycles. The Kier molecular flexibility index (Phi) is 9.96. The van der Waals surface area contributed by atoms with Crippen LogP contribution in [0, 0.1) is 5.92 Å². The molecule has 0 aromatic carbocycles. The molecule has 2 bridgehead atoms. The zero-order valence-electron chi connectivity index (χ0n) is 22.0. The summed E-state index contributed by atoms with van der Waals surface area (Å²) in [6.45, 7) is 8.95. The maximum absolute atomic E-state index is 12.6. The highest BCUT2D eigenvalue weighted by Crippen LogP contribution is 2.36. The second kappa shape index (κ2) is 13.2. The van der Waals surface area contributed by atoms with E-state index in [1.807, 2.05) is 12.2 Å². The summed E-state index contributed by atoms with van der Waals surface area (Å²) < 4.78 is 23.5. The van der Waals surface area contributed by atoms with Crippen molar-refractivity contribution in [1.82, 2.24) is 0 Å². The van der Waals surface area contributed by atoms with Crippen molar-refractivity contribution in [2.45, 2.75) is 108 Å². The van der Waals surface area contributed by atoms with E-state index in [9.17, 15) is 15.0 Å². The van der Waals surface area contributed by atoms with Crippen molar-refractivity contribution in [3.05, 3.63) is 60.3 Å². The molecule has 0 aromatic heterocycles. The van der Waals surface area contributed by atoms with Gasteiger partial charge in [-0.15, -0.1) is 0 Å². The first-order valence-electron chi connectivity index (χ1n) is 13.6. The van der Waals surface area contributed by atoms with Crippen LogP contribution in [0.15, 0.2) is 60.3 Å². The van der Waals surface area contributed by atoms with Gasteiger partial charge in [-0.25, -0.2) is 4.79 Å². The van der Waals surface area contributed by atoms with E-state index in [2.05, 4.69) is 26.5 Å². The number of fused-ring (bicyclic) bond motifs is 2. The zero-order valence-corrected chi connectivity index (χ0v) is 22.0. The van der Waals surface area contributed by atoms with Gasteiger partial charge >= 0.3 is 5.97 Å². The quantitative estimate of drug-likeness (QED) is 0.332. The lowest BCUT2D eigenvalue weighted by Gasteiger charge is -2.28. The molecular weight excluding hydrogens is 472 g/mol. The summed E-state index contributed by atoms with van der Waals surface area (Å²) >= 11 is 0. The van der Waals surface area contributed by atoms with Gasteiger partial charge in [0.25, 0.3) is 0 Å². The smallest absolute Gasteiger partial charge is 0.330 e. The predicted molar refractivity (Wildman–Crippen MR) is 141 cm³/mol. The molecule has 0 spiro atoms. The van der Waals surface area contributed by atoms with Gasteiger partial charge in [0.2, 0.25) is 0 Å². The minimum absolute atomic E-state index is 0.0863. The number of hydrogen-bond donors (Lipinski definition) is 2. The number of epoxide rings is 1. The van der Waals surface area contributed by atoms with E-state index in [0.29, 0.717) is 25.4 Å². The Bertz CT molecular complexity index is 919. The molecule has 2 N–H and O–H groups in total. The lowest BCUT2D eigenvalue weighted by molar-refractivity contribution is -0.149. The van der Waals surface area contributed by atoms with Crippen molar-refractivity contribution < 1.29 is 34.0 Å². The molecule has 4 heterocycles. The molecular formula is C30H42O7. The van der Waals surface area contributed by atoms with Gasteiger partial charge in [0.05, 0.1) is 31.0 Å². The van der Waals surface area contributed by atoms with E-state index in [1.54, 1.807) is 18.2 Å². The van der Waals surface area contributed by atoms with Crippen LogP contribution in [-0.4, -0.2) is 71.6 Å². The standard InChI is InChI=1S/C30H42O7/c1-19-13-14-34-26(18-19)29-30(37-29)28(33)25-11-4-7-22(31)16-20(2)15-21(3)17-24-10-5-8-23(35-24)9-6-12-27(32)36-25/h4-8,12-13,21-26,28-31,33H,2,9-11,14-18H2,1,3H3/b7-4+,12-6+/t21?,22-,23-,24-,25+,26+,28-,29-,30-/m1/s1. The summed E-state index contributed by atoms with van der Waals surface area (Å²) in [5, 5.41) is 21.6. The molecule has 1 fully saturated rings. The Labute approximate surface area is 220 Å². The normalized spacial score (nSPS) is 40.5. The van der Waals surface area contributed by atoms with Crippen LogP contribution in [0.5, 0.6) is 0 Å². The van der Waals surface area contributed by atoms with Crippen LogP contribution in [0.4, 0.5) is 0 Å². The summed E-state index contributed by atoms with van der Waals surface area (Å²) in [6.07, 6.45) is 14.2. The van der Waals surface area contributed by atoms with Gasteiger partial charge in [0.15, 0.2) is 0 Å². The first-order valence-corrected chi connectivity index (χ1v) is 13.6. The van der Waals surface area contributed by atoms with Crippen LogP contribution in [0.3, 0.4) is 0 Å². The second-order valence-corrected chi connectivity index (χ2v) is 11.0. The summed E-state index contributed by atoms with van der Waals surface area (Å²) in [6, 6.07) is 0. The predicted octanol–water partition coefficient (Wildman–Crippen LogP) is 4.11. The van der Waals surface area contributed by atoms with Crippen molar-refractivity contribution in [1.29, 1.82) is 0 Å². The second-order valence-electron chi connectivity index (χ2n) is 11.0. The minimum atomic E-state index is -1.01. The van der Waals surface area contributed by atoms with Crippen LogP contribution in [0.1, 0.15) is 58.8 Å². The van der Waals surface area contributed by atoms with Gasteiger partial charge in [-0.2, -0.15) is 0 Å². The van der Waals surface area contributed by atoms with Crippen LogP contribution >= 0.6 is 0 Å². The number of aliphatic hydroxyl groups excluding tert-OH is 2. The fourth-order valence-electron chi connectivity index (χ4n) is 5.51. The fraction of sp³-hybridized carbons (Fsp3) is 0.633. The van der Waals surface area contributed by atoms with Gasteiger partial charge in [0, 0.05) is 12.5 Å². The average Bonchev–Trinajstić information content (AvgIpc) is 3.63. The first kappa shape index (κ1) is 28.0. The highest BCUT2D eigenvalue weighted by atomic mass is 16.6. The molecule has 4 aliphatic rings. The minimum Gasteiger partial charge on any atom is -0.456 e. The summed E-state index contributed by atoms with van der Waals surface area (Å²) in [5.74, 6) is -0.133. The number of rotatable bonds is 3. The first-order chi connectivity index (χ1) is 17.8. The Balaban J connectivity index is 1.43. The monoisotopic (exact) mass is 514 g/mol. The molecule has 204 valence electrons. The number of esters is 1. The number of carbonyl (C=O) groups is 1. The van der Waals surface area contributed by atoms with Crippen molar-refractivity contribution in [3.63, 3.8) is 0 Å². The molecule has 0 saturated carbocycles. The van der Waals surface area contributed by atoms with Crippen molar-refractivity contribution in [2.75, 3.05) is 6.61 Å². The van der Waals surface area contributed by atoms with Gasteiger partial charge in [0.1, 0.15) is 24.4 Å². The number of carbonyl (C=O) groups excluding carboxylic acids is 1. The Hall–Kier alpha value is -2.03. The molecule has 1 saturated heterocycles. The van der Waals surface area contributed by atoms with E-state index >= 15 is 0 Å². The zero-order chi connectivity index (χ0) is 26.4. The van der Waals surface area contributed by atoms with E-state index in [-0.39, 0.29) is 30.8 Å². The van der Waals surface area contributed by atoms with E-state index in [0.717, 1.165) is 31.3 Å². The van der Waals surface area contributed by atoms with Crippen LogP contribution in [-0.2, 0) is 23.7 Å². The van der Waals surface area contributed by atoms with Gasteiger partial charge < -0.3 is 29.2 Å². The van der Waals surface area contributed by atoms with Crippen LogP contribution in [0.2, 0.25) is 0 Å². The molecule has 7 nitrogen and oxygen atoms in total. The number of ether oxygens (including phenoxy) is 4. The highest BCUT2D eigenvalue weighted by molar-refractivity contribution is 5.82. The van der Waals surface area contributed by atoms with E-state index < -0.39 is 30.4 Å². The maximum Gasteiger partial charge on any atom is 0.330 e. The summed E-state index contributed by atoms with van der Waals surface area (Å²) in [4.78, 5) is 12.6. The third-order valence-corrected chi connectivity index (χ3v) is 7.44. The molecule has 4 aliphatic heterocycles. The fourth-order valence-corrected chi connectivity index (χ4v) is 5.51. The number of cyclic esters (lactones) is 1. The van der Waals surface area contributed by atoms with Crippen LogP contribution < -0.4 is 0 Å². The molecule has 1 unspecified atom stereocenters. The number of hydrogen-bond acceptors (Lipinski definition) is 7. The van der Waals surface area contributed by atoms with Gasteiger partial charge in [-0.3, -0.25) is 0 Å². The van der Waals surface area contributed by atoms with Crippen LogP contribution in [0.25, 0.3) is 0 Å². The largest absolute Gasteiger partial charge is 0.456 e. The average molecular weight is 515 g/mol. The molecule has 4 rings (SSSR count). The molecule has 9 atom stereocenters. The molecule has 37 heavy (non-hydrogen) atoms. The lowest BCUT2D eigenvalue weighted by Crippen LogP contribution is -2.38. The van der Waals surface area contributed by atoms with Gasteiger partial charge in [-0.1, -0.05) is 61.1 Å². The van der Waals surface area contributed by atoms with Crippen molar-refractivity contribution >= 4 is 5.97 Å². The molecule has 0 radical (unpaired) electrons. The Morgan fingerprint density at radius 3 is 2.68 bits per heavy atom. The molecule has 0 amide bonds. The third-order valence-electron chi connectivity index (χ3n) is 7.44. The maximum atomic E-state index is 12.6. The van der Waals surface area contributed by atoms with E-state index in [4.69, 9.17) is 18.9 Å². The summed E-state index contributed by atoms with van der Waals surface area (Å²) in [5.41, 5.74) is 2.23. The molecule has 7 heteroatoms. The summed E-state index contributed by atoms with van der Waals surface area (Å²) in [7, 11) is 0. The topological polar surface area (TPSA) is 97.8 Å². The Morgan fingerprint density at radius 2 is 1.86 bits per heavy atom. The van der Waals surface area contributed by atoms with E-state index in [1.165, 1.54) is 11.6 Å².